The minimum absolute atomic E-state index is 0.0173. The summed E-state index contributed by atoms with van der Waals surface area (Å²) in [7, 11) is -2.55. The molecule has 6 nitrogen and oxygen atoms in total. The first-order valence-corrected chi connectivity index (χ1v) is 8.69. The SMILES string of the molecule is COCc1cnc(NS(=O)(=O)c2c[nH]c3cc(Cl)ccc23)c(F)c1. The molecule has 2 N–H and O–H groups in total. The molecule has 9 heteroatoms. The van der Waals surface area contributed by atoms with Gasteiger partial charge in [0.05, 0.1) is 6.61 Å². The van der Waals surface area contributed by atoms with E-state index in [0.29, 0.717) is 21.5 Å². The zero-order chi connectivity index (χ0) is 17.3. The number of pyridine rings is 1. The molecule has 0 fully saturated rings. The predicted molar refractivity (Wildman–Crippen MR) is 89.0 cm³/mol. The number of rotatable bonds is 5. The molecule has 0 spiro atoms. The van der Waals surface area contributed by atoms with E-state index in [4.69, 9.17) is 16.3 Å². The Labute approximate surface area is 142 Å². The molecule has 3 rings (SSSR count). The second kappa shape index (κ2) is 6.39. The number of methoxy groups -OCH3 is 1. The van der Waals surface area contributed by atoms with Crippen LogP contribution in [0, 0.1) is 5.82 Å². The van der Waals surface area contributed by atoms with Crippen molar-refractivity contribution in [1.29, 1.82) is 0 Å². The summed E-state index contributed by atoms with van der Waals surface area (Å²) >= 11 is 5.88. The molecule has 0 aliphatic rings. The van der Waals surface area contributed by atoms with Gasteiger partial charge in [0.15, 0.2) is 11.6 Å². The first-order valence-electron chi connectivity index (χ1n) is 6.83. The number of nitrogens with zero attached hydrogens (tertiary/aromatic N) is 1. The number of aromatic nitrogens is 2. The van der Waals surface area contributed by atoms with E-state index in [-0.39, 0.29) is 17.3 Å². The lowest BCUT2D eigenvalue weighted by Gasteiger charge is -2.08. The summed E-state index contributed by atoms with van der Waals surface area (Å²) in [6, 6.07) is 5.93. The largest absolute Gasteiger partial charge is 0.380 e. The Morgan fingerprint density at radius 1 is 1.38 bits per heavy atom. The van der Waals surface area contributed by atoms with E-state index >= 15 is 0 Å². The fourth-order valence-electron chi connectivity index (χ4n) is 2.27. The zero-order valence-electron chi connectivity index (χ0n) is 12.5. The van der Waals surface area contributed by atoms with Gasteiger partial charge in [0.1, 0.15) is 4.90 Å². The summed E-state index contributed by atoms with van der Waals surface area (Å²) in [5, 5.41) is 0.922. The lowest BCUT2D eigenvalue weighted by Crippen LogP contribution is -2.15. The van der Waals surface area contributed by atoms with Crippen LogP contribution in [0.2, 0.25) is 5.02 Å². The number of hydrogen-bond donors (Lipinski definition) is 2. The molecule has 0 aliphatic carbocycles. The molecule has 24 heavy (non-hydrogen) atoms. The number of hydrogen-bond acceptors (Lipinski definition) is 4. The van der Waals surface area contributed by atoms with E-state index in [1.54, 1.807) is 18.2 Å². The number of fused-ring (bicyclic) bond motifs is 1. The summed E-state index contributed by atoms with van der Waals surface area (Å²) in [6.45, 7) is 0.181. The Morgan fingerprint density at radius 3 is 2.88 bits per heavy atom. The van der Waals surface area contributed by atoms with Crippen molar-refractivity contribution in [3.63, 3.8) is 0 Å². The Morgan fingerprint density at radius 2 is 2.17 bits per heavy atom. The number of anilines is 1. The number of nitrogens with one attached hydrogen (secondary N) is 2. The van der Waals surface area contributed by atoms with E-state index in [1.165, 1.54) is 25.6 Å². The van der Waals surface area contributed by atoms with Crippen LogP contribution >= 0.6 is 11.6 Å². The molecular weight excluding hydrogens is 357 g/mol. The first kappa shape index (κ1) is 16.7. The van der Waals surface area contributed by atoms with Crippen LogP contribution < -0.4 is 4.72 Å². The number of ether oxygens (including phenoxy) is 1. The van der Waals surface area contributed by atoms with E-state index < -0.39 is 15.8 Å². The second-order valence-corrected chi connectivity index (χ2v) is 7.14. The highest BCUT2D eigenvalue weighted by atomic mass is 35.5. The molecule has 2 aromatic heterocycles. The van der Waals surface area contributed by atoms with Gasteiger partial charge in [-0.25, -0.2) is 17.8 Å². The summed E-state index contributed by atoms with van der Waals surface area (Å²) < 4.78 is 46.1. The lowest BCUT2D eigenvalue weighted by molar-refractivity contribution is 0.184. The highest BCUT2D eigenvalue weighted by Crippen LogP contribution is 2.27. The van der Waals surface area contributed by atoms with Crippen molar-refractivity contribution in [1.82, 2.24) is 9.97 Å². The van der Waals surface area contributed by atoms with Gasteiger partial charge in [0.2, 0.25) is 0 Å². The molecule has 1 aromatic carbocycles. The molecular formula is C15H13ClFN3O3S. The quantitative estimate of drug-likeness (QED) is 0.722. The summed E-state index contributed by atoms with van der Waals surface area (Å²) in [4.78, 5) is 6.62. The molecule has 0 aliphatic heterocycles. The predicted octanol–water partition coefficient (Wildman–Crippen LogP) is 3.30. The van der Waals surface area contributed by atoms with E-state index in [9.17, 15) is 12.8 Å². The van der Waals surface area contributed by atoms with Crippen LogP contribution in [0.15, 0.2) is 41.6 Å². The third-order valence-corrected chi connectivity index (χ3v) is 4.95. The van der Waals surface area contributed by atoms with Gasteiger partial charge >= 0.3 is 0 Å². The van der Waals surface area contributed by atoms with Gasteiger partial charge < -0.3 is 9.72 Å². The fraction of sp³-hybridized carbons (Fsp3) is 0.133. The second-order valence-electron chi connectivity index (χ2n) is 5.06. The monoisotopic (exact) mass is 369 g/mol. The maximum absolute atomic E-state index is 14.0. The maximum Gasteiger partial charge on any atom is 0.265 e. The Bertz CT molecular complexity index is 1000. The summed E-state index contributed by atoms with van der Waals surface area (Å²) in [6.07, 6.45) is 2.67. The highest BCUT2D eigenvalue weighted by molar-refractivity contribution is 7.93. The smallest absolute Gasteiger partial charge is 0.265 e. The maximum atomic E-state index is 14.0. The third kappa shape index (κ3) is 3.21. The van der Waals surface area contributed by atoms with Crippen LogP contribution in [0.5, 0.6) is 0 Å². The van der Waals surface area contributed by atoms with Crippen molar-refractivity contribution in [3.05, 3.63) is 53.1 Å². The van der Waals surface area contributed by atoms with Crippen molar-refractivity contribution >= 4 is 38.3 Å². The number of H-pyrrole nitrogens is 1. The molecule has 126 valence electrons. The summed E-state index contributed by atoms with van der Waals surface area (Å²) in [5.74, 6) is -1.16. The van der Waals surface area contributed by atoms with Crippen LogP contribution in [0.3, 0.4) is 0 Å². The van der Waals surface area contributed by atoms with Crippen LogP contribution in [-0.4, -0.2) is 25.5 Å². The topological polar surface area (TPSA) is 84.1 Å². The normalized spacial score (nSPS) is 11.8. The molecule has 0 saturated carbocycles. The number of benzene rings is 1. The van der Waals surface area contributed by atoms with Crippen molar-refractivity contribution < 1.29 is 17.5 Å². The zero-order valence-corrected chi connectivity index (χ0v) is 14.1. The molecule has 0 unspecified atom stereocenters. The van der Waals surface area contributed by atoms with Crippen molar-refractivity contribution in [2.75, 3.05) is 11.8 Å². The third-order valence-electron chi connectivity index (χ3n) is 3.34. The van der Waals surface area contributed by atoms with E-state index in [0.717, 1.165) is 0 Å². The fourth-order valence-corrected chi connectivity index (χ4v) is 3.64. The number of sulfonamides is 1. The van der Waals surface area contributed by atoms with Crippen LogP contribution in [0.25, 0.3) is 10.9 Å². The van der Waals surface area contributed by atoms with Gasteiger partial charge in [0, 0.05) is 35.4 Å². The van der Waals surface area contributed by atoms with Crippen LogP contribution in [0.4, 0.5) is 10.2 Å². The molecule has 0 radical (unpaired) electrons. The summed E-state index contributed by atoms with van der Waals surface area (Å²) in [5.41, 5.74) is 1.06. The van der Waals surface area contributed by atoms with Gasteiger partial charge in [0.25, 0.3) is 10.0 Å². The minimum atomic E-state index is -4.02. The Hall–Kier alpha value is -2.16. The molecule has 0 bridgehead atoms. The van der Waals surface area contributed by atoms with Gasteiger partial charge in [-0.3, -0.25) is 4.72 Å². The van der Waals surface area contributed by atoms with Crippen molar-refractivity contribution in [2.24, 2.45) is 0 Å². The van der Waals surface area contributed by atoms with E-state index in [1.807, 2.05) is 0 Å². The minimum Gasteiger partial charge on any atom is -0.380 e. The molecule has 3 aromatic rings. The highest BCUT2D eigenvalue weighted by Gasteiger charge is 2.21. The van der Waals surface area contributed by atoms with Crippen molar-refractivity contribution in [2.45, 2.75) is 11.5 Å². The number of aromatic amines is 1. The van der Waals surface area contributed by atoms with Crippen LogP contribution in [0.1, 0.15) is 5.56 Å². The first-order chi connectivity index (χ1) is 11.4. The Balaban J connectivity index is 1.96. The Kier molecular flexibility index (Phi) is 4.44. The average molecular weight is 370 g/mol. The molecule has 2 heterocycles. The van der Waals surface area contributed by atoms with Gasteiger partial charge in [-0.05, 0) is 29.8 Å². The van der Waals surface area contributed by atoms with Gasteiger partial charge in [-0.2, -0.15) is 0 Å². The molecule has 0 atom stereocenters. The van der Waals surface area contributed by atoms with Gasteiger partial charge in [-0.1, -0.05) is 11.6 Å². The van der Waals surface area contributed by atoms with Crippen LogP contribution in [-0.2, 0) is 21.4 Å². The van der Waals surface area contributed by atoms with Crippen molar-refractivity contribution in [3.8, 4) is 0 Å². The molecule has 0 saturated heterocycles. The molecule has 0 amide bonds. The van der Waals surface area contributed by atoms with Gasteiger partial charge in [-0.15, -0.1) is 0 Å². The average Bonchev–Trinajstić information content (AvgIpc) is 2.94. The number of halogens is 2. The lowest BCUT2D eigenvalue weighted by atomic mass is 10.2. The standard InChI is InChI=1S/C15H13ClFN3O3S/c1-23-8-9-4-12(17)15(19-6-9)20-24(21,22)14-7-18-13-5-10(16)2-3-11(13)14/h2-7,18H,8H2,1H3,(H,19,20). The van der Waals surface area contributed by atoms with E-state index in [2.05, 4.69) is 14.7 Å².